The molecule has 39 heavy (non-hydrogen) atoms. The Balaban J connectivity index is 1.22. The summed E-state index contributed by atoms with van der Waals surface area (Å²) in [5.41, 5.74) is 1.88. The molecule has 1 aliphatic rings. The van der Waals surface area contributed by atoms with Crippen molar-refractivity contribution >= 4 is 90.2 Å². The maximum Gasteiger partial charge on any atom is 0.264 e. The average Bonchev–Trinajstić information content (AvgIpc) is 3.48. The highest BCUT2D eigenvalue weighted by molar-refractivity contribution is 9.10. The third-order valence-corrected chi connectivity index (χ3v) is 8.61. The number of fused-ring (bicyclic) bond motifs is 1. The number of methoxy groups -OCH3 is 1. The van der Waals surface area contributed by atoms with Gasteiger partial charge in [0.2, 0.25) is 0 Å². The van der Waals surface area contributed by atoms with Gasteiger partial charge in [-0.05, 0) is 74.6 Å². The Kier molecular flexibility index (Phi) is 8.37. The van der Waals surface area contributed by atoms with E-state index < -0.39 is 5.91 Å². The van der Waals surface area contributed by atoms with Crippen molar-refractivity contribution < 1.29 is 14.3 Å². The van der Waals surface area contributed by atoms with Crippen molar-refractivity contribution in [1.29, 1.82) is 0 Å². The fourth-order valence-corrected chi connectivity index (χ4v) is 6.47. The minimum absolute atomic E-state index is 0.0690. The number of anilines is 2. The second kappa shape index (κ2) is 11.9. The lowest BCUT2D eigenvalue weighted by molar-refractivity contribution is 0.0751. The maximum atomic E-state index is 13.1. The zero-order valence-corrected chi connectivity index (χ0v) is 24.8. The van der Waals surface area contributed by atoms with Crippen LogP contribution < -0.4 is 20.3 Å². The van der Waals surface area contributed by atoms with E-state index in [1.807, 2.05) is 58.8 Å². The average molecular weight is 644 g/mol. The molecule has 200 valence electrons. The van der Waals surface area contributed by atoms with Crippen LogP contribution in [0.4, 0.5) is 11.4 Å². The van der Waals surface area contributed by atoms with Crippen molar-refractivity contribution in [3.8, 4) is 5.75 Å². The molecule has 0 bridgehead atoms. The summed E-state index contributed by atoms with van der Waals surface area (Å²) < 4.78 is 6.22. The van der Waals surface area contributed by atoms with E-state index in [2.05, 4.69) is 31.5 Å². The number of nitrogens with one attached hydrogen (secondary N) is 2. The van der Waals surface area contributed by atoms with E-state index in [1.54, 1.807) is 12.1 Å². The summed E-state index contributed by atoms with van der Waals surface area (Å²) in [6.45, 7) is 2.61. The van der Waals surface area contributed by atoms with E-state index in [-0.39, 0.29) is 11.0 Å². The fourth-order valence-electron chi connectivity index (χ4n) is 4.53. The van der Waals surface area contributed by atoms with Crippen molar-refractivity contribution in [2.75, 3.05) is 43.5 Å². The van der Waals surface area contributed by atoms with Gasteiger partial charge in [0.25, 0.3) is 11.8 Å². The number of hydrogen-bond donors (Lipinski definition) is 2. The van der Waals surface area contributed by atoms with Crippen molar-refractivity contribution in [3.63, 3.8) is 0 Å². The number of hydrogen-bond acceptors (Lipinski definition) is 6. The first-order chi connectivity index (χ1) is 18.9. The van der Waals surface area contributed by atoms with E-state index >= 15 is 0 Å². The molecule has 0 unspecified atom stereocenters. The molecule has 1 aromatic heterocycles. The number of halogens is 2. The second-order valence-corrected chi connectivity index (χ2v) is 11.4. The number of thiophene rings is 1. The van der Waals surface area contributed by atoms with Gasteiger partial charge < -0.3 is 19.9 Å². The Labute approximate surface area is 248 Å². The quantitative estimate of drug-likeness (QED) is 0.245. The molecule has 5 rings (SSSR count). The monoisotopic (exact) mass is 642 g/mol. The standard InChI is InChI=1S/C28H24BrClN4O3S2/c1-37-25-20(15-17-5-2-3-6-19(17)24(25)29)26(35)32-28(38)31-18-8-9-22(21(30)16-18)33-10-12-34(13-11-33)27(36)23-7-4-14-39-23/h2-9,14-16H,10-13H2,1H3,(H2,31,32,35,38). The molecule has 0 spiro atoms. The molecule has 2 N–H and O–H groups in total. The van der Waals surface area contributed by atoms with Gasteiger partial charge in [-0.2, -0.15) is 0 Å². The van der Waals surface area contributed by atoms with E-state index in [0.717, 1.165) is 21.3 Å². The number of piperazine rings is 1. The van der Waals surface area contributed by atoms with Gasteiger partial charge in [-0.3, -0.25) is 14.9 Å². The third kappa shape index (κ3) is 5.89. The molecule has 7 nitrogen and oxygen atoms in total. The first-order valence-electron chi connectivity index (χ1n) is 12.1. The molecule has 2 amide bonds. The van der Waals surface area contributed by atoms with Crippen LogP contribution >= 0.6 is 51.1 Å². The molecular weight excluding hydrogens is 620 g/mol. The highest BCUT2D eigenvalue weighted by Gasteiger charge is 2.24. The smallest absolute Gasteiger partial charge is 0.264 e. The van der Waals surface area contributed by atoms with Crippen LogP contribution in [0, 0.1) is 0 Å². The predicted octanol–water partition coefficient (Wildman–Crippen LogP) is 6.42. The van der Waals surface area contributed by atoms with Crippen LogP contribution in [-0.4, -0.2) is 55.1 Å². The summed E-state index contributed by atoms with van der Waals surface area (Å²) in [5, 5.41) is 10.2. The van der Waals surface area contributed by atoms with E-state index in [4.69, 9.17) is 28.6 Å². The number of thiocarbonyl (C=S) groups is 1. The minimum atomic E-state index is -0.395. The van der Waals surface area contributed by atoms with Gasteiger partial charge in [-0.25, -0.2) is 0 Å². The summed E-state index contributed by atoms with van der Waals surface area (Å²) in [6, 6.07) is 18.8. The molecule has 11 heteroatoms. The zero-order valence-electron chi connectivity index (χ0n) is 20.9. The van der Waals surface area contributed by atoms with Crippen LogP contribution in [-0.2, 0) is 0 Å². The zero-order chi connectivity index (χ0) is 27.5. The fraction of sp³-hybridized carbons (Fsp3) is 0.179. The van der Waals surface area contributed by atoms with Crippen molar-refractivity contribution in [3.05, 3.63) is 86.0 Å². The molecule has 0 saturated carbocycles. The second-order valence-electron chi connectivity index (χ2n) is 8.82. The van der Waals surface area contributed by atoms with Crippen molar-refractivity contribution in [2.24, 2.45) is 0 Å². The minimum Gasteiger partial charge on any atom is -0.495 e. The predicted molar refractivity (Wildman–Crippen MR) is 166 cm³/mol. The lowest BCUT2D eigenvalue weighted by Gasteiger charge is -2.36. The van der Waals surface area contributed by atoms with E-state index in [1.165, 1.54) is 18.4 Å². The largest absolute Gasteiger partial charge is 0.495 e. The van der Waals surface area contributed by atoms with Gasteiger partial charge in [-0.1, -0.05) is 41.9 Å². The SMILES string of the molecule is COc1c(C(=O)NC(=S)Nc2ccc(N3CCN(C(=O)c4cccs4)CC3)c(Cl)c2)cc2ccccc2c1Br. The normalized spacial score (nSPS) is 13.3. The Hall–Kier alpha value is -3.18. The van der Waals surface area contributed by atoms with E-state index in [9.17, 15) is 9.59 Å². The number of amides is 2. The molecule has 1 aliphatic heterocycles. The highest BCUT2D eigenvalue weighted by atomic mass is 79.9. The maximum absolute atomic E-state index is 13.1. The van der Waals surface area contributed by atoms with Crippen LogP contribution in [0.5, 0.6) is 5.75 Å². The van der Waals surface area contributed by atoms with Gasteiger partial charge in [0, 0.05) is 31.9 Å². The molecule has 0 atom stereocenters. The highest BCUT2D eigenvalue weighted by Crippen LogP contribution is 2.36. The van der Waals surface area contributed by atoms with E-state index in [0.29, 0.717) is 52.7 Å². The number of ether oxygens (including phenoxy) is 1. The molecule has 4 aromatic rings. The van der Waals surface area contributed by atoms with Crippen LogP contribution in [0.3, 0.4) is 0 Å². The summed E-state index contributed by atoms with van der Waals surface area (Å²) in [7, 11) is 1.52. The molecule has 1 saturated heterocycles. The number of carbonyl (C=O) groups excluding carboxylic acids is 2. The molecule has 2 heterocycles. The van der Waals surface area contributed by atoms with Gasteiger partial charge in [0.05, 0.1) is 32.7 Å². The van der Waals surface area contributed by atoms with Crippen molar-refractivity contribution in [2.45, 2.75) is 0 Å². The third-order valence-electron chi connectivity index (χ3n) is 6.46. The number of carbonyl (C=O) groups is 2. The van der Waals surface area contributed by atoms with Crippen molar-refractivity contribution in [1.82, 2.24) is 10.2 Å². The Morgan fingerprint density at radius 2 is 1.82 bits per heavy atom. The lowest BCUT2D eigenvalue weighted by atomic mass is 10.1. The number of nitrogens with zero attached hydrogens (tertiary/aromatic N) is 2. The van der Waals surface area contributed by atoms with Gasteiger partial charge >= 0.3 is 0 Å². The molecule has 0 aliphatic carbocycles. The Morgan fingerprint density at radius 1 is 1.05 bits per heavy atom. The van der Waals surface area contributed by atoms with Crippen LogP contribution in [0.25, 0.3) is 10.8 Å². The molecule has 0 radical (unpaired) electrons. The number of rotatable bonds is 5. The number of benzene rings is 3. The van der Waals surface area contributed by atoms with Crippen LogP contribution in [0.1, 0.15) is 20.0 Å². The lowest BCUT2D eigenvalue weighted by Crippen LogP contribution is -2.48. The molecule has 1 fully saturated rings. The molecular formula is C28H24BrClN4O3S2. The Bertz CT molecular complexity index is 1560. The summed E-state index contributed by atoms with van der Waals surface area (Å²) in [4.78, 5) is 30.5. The Morgan fingerprint density at radius 3 is 2.51 bits per heavy atom. The van der Waals surface area contributed by atoms with Gasteiger partial charge in [-0.15, -0.1) is 11.3 Å². The topological polar surface area (TPSA) is 73.9 Å². The first-order valence-corrected chi connectivity index (χ1v) is 14.6. The van der Waals surface area contributed by atoms with Gasteiger partial charge in [0.15, 0.2) is 5.11 Å². The summed E-state index contributed by atoms with van der Waals surface area (Å²) >= 11 is 17.0. The summed E-state index contributed by atoms with van der Waals surface area (Å²) in [6.07, 6.45) is 0. The summed E-state index contributed by atoms with van der Waals surface area (Å²) in [5.74, 6) is 0.103. The first kappa shape index (κ1) is 27.4. The van der Waals surface area contributed by atoms with Gasteiger partial charge in [0.1, 0.15) is 5.75 Å². The van der Waals surface area contributed by atoms with Crippen LogP contribution in [0.2, 0.25) is 5.02 Å². The van der Waals surface area contributed by atoms with Crippen LogP contribution in [0.15, 0.2) is 70.5 Å². The molecule has 3 aromatic carbocycles.